The lowest BCUT2D eigenvalue weighted by Gasteiger charge is -2.36. The second kappa shape index (κ2) is 9.51. The van der Waals surface area contributed by atoms with Crippen LogP contribution in [0.5, 0.6) is 0 Å². The Morgan fingerprint density at radius 3 is 2.62 bits per heavy atom. The third-order valence-electron chi connectivity index (χ3n) is 5.20. The molecule has 170 valence electrons. The van der Waals surface area contributed by atoms with Gasteiger partial charge in [0.15, 0.2) is 0 Å². The summed E-state index contributed by atoms with van der Waals surface area (Å²) in [5.41, 5.74) is 1.16. The van der Waals surface area contributed by atoms with Crippen molar-refractivity contribution in [2.45, 2.75) is 75.6 Å². The average Bonchev–Trinajstić information content (AvgIpc) is 3.01. The summed E-state index contributed by atoms with van der Waals surface area (Å²) in [6.07, 6.45) is 0.255. The molecule has 1 amide bonds. The predicted molar refractivity (Wildman–Crippen MR) is 125 cm³/mol. The van der Waals surface area contributed by atoms with E-state index in [1.807, 2.05) is 71.9 Å². The highest BCUT2D eigenvalue weighted by molar-refractivity contribution is 7.99. The molecule has 2 aromatic rings. The zero-order valence-corrected chi connectivity index (χ0v) is 20.4. The van der Waals surface area contributed by atoms with Crippen LogP contribution < -0.4 is 0 Å². The minimum atomic E-state index is -0.766. The SMILES string of the molecule is Cc1ccc(C#N)c(S[C@H](C[C@H]2COC(C)(C)N2C(=O)OC(C)(C)C)c2ccccc2)n1. The van der Waals surface area contributed by atoms with Crippen LogP contribution in [-0.4, -0.2) is 40.0 Å². The molecule has 1 aliphatic heterocycles. The van der Waals surface area contributed by atoms with E-state index in [9.17, 15) is 10.1 Å². The number of nitriles is 1. The zero-order valence-electron chi connectivity index (χ0n) is 19.6. The number of aryl methyl sites for hydroxylation is 1. The van der Waals surface area contributed by atoms with Gasteiger partial charge in [0.05, 0.1) is 18.2 Å². The van der Waals surface area contributed by atoms with Crippen molar-refractivity contribution in [2.24, 2.45) is 0 Å². The molecule has 0 bridgehead atoms. The normalized spacial score (nSPS) is 18.8. The lowest BCUT2D eigenvalue weighted by Crippen LogP contribution is -2.50. The Morgan fingerprint density at radius 2 is 2.00 bits per heavy atom. The van der Waals surface area contributed by atoms with E-state index in [4.69, 9.17) is 9.47 Å². The van der Waals surface area contributed by atoms with Gasteiger partial charge in [-0.05, 0) is 65.7 Å². The van der Waals surface area contributed by atoms with Gasteiger partial charge in [-0.25, -0.2) is 9.78 Å². The van der Waals surface area contributed by atoms with Crippen LogP contribution in [0.1, 0.15) is 63.1 Å². The molecule has 0 unspecified atom stereocenters. The van der Waals surface area contributed by atoms with Gasteiger partial charge >= 0.3 is 6.09 Å². The van der Waals surface area contributed by atoms with E-state index in [-0.39, 0.29) is 17.4 Å². The second-order valence-corrected chi connectivity index (χ2v) is 10.6. The fraction of sp³-hybridized carbons (Fsp3) is 0.480. The maximum Gasteiger partial charge on any atom is 0.412 e. The number of thioether (sulfide) groups is 1. The third kappa shape index (κ3) is 5.81. The van der Waals surface area contributed by atoms with Gasteiger partial charge in [-0.3, -0.25) is 4.90 Å². The summed E-state index contributed by atoms with van der Waals surface area (Å²) in [6, 6.07) is 15.8. The zero-order chi connectivity index (χ0) is 23.5. The molecule has 2 atom stereocenters. The lowest BCUT2D eigenvalue weighted by molar-refractivity contribution is -0.0626. The van der Waals surface area contributed by atoms with Crippen LogP contribution in [0.4, 0.5) is 4.79 Å². The molecule has 1 aromatic heterocycles. The van der Waals surface area contributed by atoms with Crippen LogP contribution >= 0.6 is 11.8 Å². The minimum absolute atomic E-state index is 0.0231. The van der Waals surface area contributed by atoms with Gasteiger partial charge in [0, 0.05) is 10.9 Å². The number of aromatic nitrogens is 1. The summed E-state index contributed by atoms with van der Waals surface area (Å²) >= 11 is 1.55. The maximum atomic E-state index is 13.1. The molecule has 3 rings (SSSR count). The van der Waals surface area contributed by atoms with Gasteiger partial charge in [0.25, 0.3) is 0 Å². The fourth-order valence-corrected chi connectivity index (χ4v) is 5.07. The number of benzene rings is 1. The highest BCUT2D eigenvalue weighted by Gasteiger charge is 2.46. The monoisotopic (exact) mass is 453 g/mol. The largest absolute Gasteiger partial charge is 0.444 e. The van der Waals surface area contributed by atoms with Crippen molar-refractivity contribution in [1.82, 2.24) is 9.88 Å². The van der Waals surface area contributed by atoms with Crippen LogP contribution in [0.25, 0.3) is 0 Å². The van der Waals surface area contributed by atoms with E-state index in [1.165, 1.54) is 0 Å². The Bertz CT molecular complexity index is 996. The van der Waals surface area contributed by atoms with E-state index in [1.54, 1.807) is 16.7 Å². The van der Waals surface area contributed by atoms with Gasteiger partial charge < -0.3 is 9.47 Å². The van der Waals surface area contributed by atoms with E-state index < -0.39 is 11.3 Å². The first-order chi connectivity index (χ1) is 15.0. The third-order valence-corrected chi connectivity index (χ3v) is 6.48. The molecule has 0 radical (unpaired) electrons. The first kappa shape index (κ1) is 24.1. The number of ether oxygens (including phenoxy) is 2. The molecule has 0 spiro atoms. The first-order valence-electron chi connectivity index (χ1n) is 10.8. The fourth-order valence-electron chi connectivity index (χ4n) is 3.75. The molecule has 1 aromatic carbocycles. The number of nitrogens with zero attached hydrogens (tertiary/aromatic N) is 3. The summed E-state index contributed by atoms with van der Waals surface area (Å²) < 4.78 is 11.7. The predicted octanol–water partition coefficient (Wildman–Crippen LogP) is 5.86. The van der Waals surface area contributed by atoms with Crippen LogP contribution in [0, 0.1) is 18.3 Å². The molecule has 1 saturated heterocycles. The van der Waals surface area contributed by atoms with Gasteiger partial charge in [-0.15, -0.1) is 0 Å². The summed E-state index contributed by atoms with van der Waals surface area (Å²) in [5, 5.41) is 10.3. The topological polar surface area (TPSA) is 75.5 Å². The first-order valence-corrected chi connectivity index (χ1v) is 11.6. The Morgan fingerprint density at radius 1 is 1.31 bits per heavy atom. The molecular weight excluding hydrogens is 422 g/mol. The van der Waals surface area contributed by atoms with Crippen molar-refractivity contribution in [3.05, 3.63) is 59.3 Å². The summed E-state index contributed by atoms with van der Waals surface area (Å²) in [7, 11) is 0. The van der Waals surface area contributed by atoms with Crippen molar-refractivity contribution in [1.29, 1.82) is 5.26 Å². The molecule has 0 aliphatic carbocycles. The van der Waals surface area contributed by atoms with Crippen molar-refractivity contribution >= 4 is 17.9 Å². The van der Waals surface area contributed by atoms with E-state index in [0.717, 1.165) is 11.3 Å². The van der Waals surface area contributed by atoms with Gasteiger partial charge in [0.2, 0.25) is 0 Å². The number of carbonyl (C=O) groups is 1. The molecule has 0 N–H and O–H groups in total. The van der Waals surface area contributed by atoms with Crippen LogP contribution in [0.3, 0.4) is 0 Å². The molecule has 7 heteroatoms. The number of rotatable bonds is 5. The Labute approximate surface area is 194 Å². The minimum Gasteiger partial charge on any atom is -0.444 e. The molecule has 0 saturated carbocycles. The number of carbonyl (C=O) groups excluding carboxylic acids is 1. The molecule has 6 nitrogen and oxygen atoms in total. The van der Waals surface area contributed by atoms with Crippen molar-refractivity contribution in [3.63, 3.8) is 0 Å². The number of pyridine rings is 1. The van der Waals surface area contributed by atoms with E-state index in [0.29, 0.717) is 23.6 Å². The van der Waals surface area contributed by atoms with E-state index >= 15 is 0 Å². The summed E-state index contributed by atoms with van der Waals surface area (Å²) in [5.74, 6) is 0. The van der Waals surface area contributed by atoms with Crippen LogP contribution in [-0.2, 0) is 9.47 Å². The Balaban J connectivity index is 1.92. The quantitative estimate of drug-likeness (QED) is 0.528. The molecule has 32 heavy (non-hydrogen) atoms. The van der Waals surface area contributed by atoms with Crippen molar-refractivity contribution < 1.29 is 14.3 Å². The average molecular weight is 454 g/mol. The molecular formula is C25H31N3O3S. The maximum absolute atomic E-state index is 13.1. The van der Waals surface area contributed by atoms with Gasteiger partial charge in [-0.1, -0.05) is 42.1 Å². The second-order valence-electron chi connectivity index (χ2n) is 9.43. The highest BCUT2D eigenvalue weighted by Crippen LogP contribution is 2.42. The number of hydrogen-bond donors (Lipinski definition) is 0. The lowest BCUT2D eigenvalue weighted by atomic mass is 10.0. The molecule has 1 fully saturated rings. The van der Waals surface area contributed by atoms with Crippen molar-refractivity contribution in [3.8, 4) is 6.07 Å². The summed E-state index contributed by atoms with van der Waals surface area (Å²) in [4.78, 5) is 19.4. The number of amides is 1. The van der Waals surface area contributed by atoms with Crippen LogP contribution in [0.2, 0.25) is 0 Å². The molecule has 1 aliphatic rings. The standard InChI is InChI=1S/C25H31N3O3S/c1-17-12-13-19(15-26)22(27-17)32-21(18-10-8-7-9-11-18)14-20-16-30-25(5,6)28(20)23(29)31-24(2,3)4/h7-13,20-21H,14,16H2,1-6H3/t20-,21+/m0/s1. The highest BCUT2D eigenvalue weighted by atomic mass is 32.2. The van der Waals surface area contributed by atoms with Crippen molar-refractivity contribution in [2.75, 3.05) is 6.61 Å². The number of hydrogen-bond acceptors (Lipinski definition) is 6. The van der Waals surface area contributed by atoms with Crippen LogP contribution in [0.15, 0.2) is 47.5 Å². The van der Waals surface area contributed by atoms with Gasteiger partial charge in [0.1, 0.15) is 22.4 Å². The Hall–Kier alpha value is -2.56. The van der Waals surface area contributed by atoms with E-state index in [2.05, 4.69) is 23.2 Å². The van der Waals surface area contributed by atoms with Gasteiger partial charge in [-0.2, -0.15) is 5.26 Å². The smallest absolute Gasteiger partial charge is 0.412 e. The summed E-state index contributed by atoms with van der Waals surface area (Å²) in [6.45, 7) is 11.7. The molecule has 2 heterocycles. The Kier molecular flexibility index (Phi) is 7.16.